The van der Waals surface area contributed by atoms with Crippen molar-refractivity contribution in [2.45, 2.75) is 58.1 Å². The number of nitrogens with one attached hydrogen (secondary N) is 1. The average Bonchev–Trinajstić information content (AvgIpc) is 2.20. The third kappa shape index (κ3) is 6.40. The fourth-order valence-electron chi connectivity index (χ4n) is 1.35. The molecule has 3 N–H and O–H groups in total. The van der Waals surface area contributed by atoms with Crippen LogP contribution in [0.2, 0.25) is 0 Å². The maximum atomic E-state index is 11.3. The van der Waals surface area contributed by atoms with Crippen molar-refractivity contribution in [3.05, 3.63) is 0 Å². The molecule has 94 valence electrons. The third-order valence-electron chi connectivity index (χ3n) is 2.32. The molecule has 5 nitrogen and oxygen atoms in total. The minimum absolute atomic E-state index is 0.315. The molecule has 16 heavy (non-hydrogen) atoms. The van der Waals surface area contributed by atoms with E-state index in [9.17, 15) is 9.59 Å². The van der Waals surface area contributed by atoms with Crippen molar-refractivity contribution in [3.63, 3.8) is 0 Å². The summed E-state index contributed by atoms with van der Waals surface area (Å²) in [6.07, 6.45) is 3.12. The minimum atomic E-state index is -1.21. The van der Waals surface area contributed by atoms with Crippen LogP contribution in [0.25, 0.3) is 0 Å². The van der Waals surface area contributed by atoms with Crippen LogP contribution in [0.15, 0.2) is 0 Å². The van der Waals surface area contributed by atoms with Crippen molar-refractivity contribution in [1.29, 1.82) is 0 Å². The molecule has 0 aromatic carbocycles. The summed E-state index contributed by atoms with van der Waals surface area (Å²) < 4.78 is 0. The minimum Gasteiger partial charge on any atom is -0.480 e. The summed E-state index contributed by atoms with van der Waals surface area (Å²) in [7, 11) is 0. The third-order valence-corrected chi connectivity index (χ3v) is 2.32. The van der Waals surface area contributed by atoms with E-state index in [2.05, 4.69) is 12.2 Å². The molecule has 5 heteroatoms. The summed E-state index contributed by atoms with van der Waals surface area (Å²) in [6, 6.07) is -1.21. The van der Waals surface area contributed by atoms with Crippen molar-refractivity contribution in [1.82, 2.24) is 5.32 Å². The highest BCUT2D eigenvalue weighted by molar-refractivity contribution is 5.83. The van der Waals surface area contributed by atoms with Crippen LogP contribution in [-0.2, 0) is 9.59 Å². The van der Waals surface area contributed by atoms with Crippen molar-refractivity contribution in [2.24, 2.45) is 0 Å². The van der Waals surface area contributed by atoms with Crippen molar-refractivity contribution in [2.75, 3.05) is 0 Å². The molecule has 0 aliphatic carbocycles. The van der Waals surface area contributed by atoms with E-state index in [0.29, 0.717) is 6.42 Å². The van der Waals surface area contributed by atoms with Gasteiger partial charge < -0.3 is 15.5 Å². The molecule has 0 aromatic heterocycles. The first-order valence-corrected chi connectivity index (χ1v) is 5.69. The van der Waals surface area contributed by atoms with Gasteiger partial charge in [0.15, 0.2) is 6.04 Å². The Hall–Kier alpha value is -1.10. The summed E-state index contributed by atoms with van der Waals surface area (Å²) >= 11 is 0. The highest BCUT2D eigenvalue weighted by atomic mass is 16.4. The van der Waals surface area contributed by atoms with E-state index in [-0.39, 0.29) is 5.91 Å². The number of aliphatic hydroxyl groups is 1. The van der Waals surface area contributed by atoms with E-state index in [1.54, 1.807) is 0 Å². The van der Waals surface area contributed by atoms with Crippen LogP contribution in [-0.4, -0.2) is 34.2 Å². The van der Waals surface area contributed by atoms with Crippen LogP contribution in [0.5, 0.6) is 0 Å². The number of hydrogen-bond donors (Lipinski definition) is 3. The maximum absolute atomic E-state index is 11.3. The Morgan fingerprint density at radius 1 is 1.25 bits per heavy atom. The predicted molar refractivity (Wildman–Crippen MR) is 60.0 cm³/mol. The van der Waals surface area contributed by atoms with Crippen LogP contribution in [0.4, 0.5) is 0 Å². The van der Waals surface area contributed by atoms with Gasteiger partial charge in [-0.05, 0) is 13.3 Å². The second-order valence-electron chi connectivity index (χ2n) is 3.93. The molecule has 0 aromatic rings. The highest BCUT2D eigenvalue weighted by Gasteiger charge is 2.24. The van der Waals surface area contributed by atoms with Crippen LogP contribution in [0.1, 0.15) is 46.0 Å². The second-order valence-corrected chi connectivity index (χ2v) is 3.93. The Kier molecular flexibility index (Phi) is 7.54. The summed E-state index contributed by atoms with van der Waals surface area (Å²) in [5, 5.41) is 20.2. The fraction of sp³-hybridized carbons (Fsp3) is 0.818. The molecule has 0 rings (SSSR count). The topological polar surface area (TPSA) is 86.6 Å². The van der Waals surface area contributed by atoms with Gasteiger partial charge in [0.05, 0.1) is 6.10 Å². The van der Waals surface area contributed by atoms with E-state index in [0.717, 1.165) is 25.7 Å². The molecular formula is C11H21NO4. The lowest BCUT2D eigenvalue weighted by Gasteiger charge is -2.16. The number of hydrogen-bond acceptors (Lipinski definition) is 3. The quantitative estimate of drug-likeness (QED) is 0.542. The first-order chi connectivity index (χ1) is 7.49. The van der Waals surface area contributed by atoms with E-state index >= 15 is 0 Å². The van der Waals surface area contributed by atoms with Gasteiger partial charge in [-0.25, -0.2) is 4.79 Å². The molecule has 1 unspecified atom stereocenters. The number of carboxylic acid groups (broad SMARTS) is 1. The number of carbonyl (C=O) groups excluding carboxylic acids is 1. The van der Waals surface area contributed by atoms with Gasteiger partial charge in [-0.3, -0.25) is 4.79 Å². The Bertz CT molecular complexity index is 228. The van der Waals surface area contributed by atoms with Crippen LogP contribution < -0.4 is 5.32 Å². The zero-order valence-corrected chi connectivity index (χ0v) is 9.90. The zero-order chi connectivity index (χ0) is 12.6. The number of aliphatic hydroxyl groups excluding tert-OH is 1. The zero-order valence-electron chi connectivity index (χ0n) is 9.90. The molecule has 2 atom stereocenters. The van der Waals surface area contributed by atoms with Gasteiger partial charge >= 0.3 is 5.97 Å². The molecule has 0 aliphatic rings. The van der Waals surface area contributed by atoms with Gasteiger partial charge in [0.25, 0.3) is 0 Å². The number of carboxylic acids is 1. The molecule has 1 amide bonds. The molecule has 0 spiro atoms. The van der Waals surface area contributed by atoms with Gasteiger partial charge in [0.2, 0.25) is 5.91 Å². The molecule has 0 saturated carbocycles. The van der Waals surface area contributed by atoms with Crippen molar-refractivity contribution < 1.29 is 19.8 Å². The lowest BCUT2D eigenvalue weighted by Crippen LogP contribution is -2.47. The highest BCUT2D eigenvalue weighted by Crippen LogP contribution is 2.03. The predicted octanol–water partition coefficient (Wildman–Crippen LogP) is 0.907. The van der Waals surface area contributed by atoms with Crippen LogP contribution in [0, 0.1) is 0 Å². The normalized spacial score (nSPS) is 14.2. The first kappa shape index (κ1) is 14.9. The van der Waals surface area contributed by atoms with Crippen molar-refractivity contribution >= 4 is 11.9 Å². The number of carbonyl (C=O) groups is 2. The number of rotatable bonds is 8. The molecule has 0 aliphatic heterocycles. The van der Waals surface area contributed by atoms with Gasteiger partial charge in [-0.15, -0.1) is 0 Å². The Labute approximate surface area is 95.9 Å². The summed E-state index contributed by atoms with van der Waals surface area (Å²) in [4.78, 5) is 22.0. The smallest absolute Gasteiger partial charge is 0.328 e. The van der Waals surface area contributed by atoms with Gasteiger partial charge in [0, 0.05) is 6.42 Å². The number of unbranched alkanes of at least 4 members (excludes halogenated alkanes) is 3. The SMILES string of the molecule is CCCCCCC(=O)N[C@H](C(=O)O)C(C)O. The summed E-state index contributed by atoms with van der Waals surface area (Å²) in [5.74, 6) is -1.53. The van der Waals surface area contributed by atoms with Crippen LogP contribution in [0.3, 0.4) is 0 Å². The molecule has 0 radical (unpaired) electrons. The lowest BCUT2D eigenvalue weighted by molar-refractivity contribution is -0.144. The van der Waals surface area contributed by atoms with Crippen molar-refractivity contribution in [3.8, 4) is 0 Å². The standard InChI is InChI=1S/C11H21NO4/c1-3-4-5-6-7-9(14)12-10(8(2)13)11(15)16/h8,10,13H,3-7H2,1-2H3,(H,12,14)(H,15,16)/t8?,10-/m0/s1. The van der Waals surface area contributed by atoms with E-state index < -0.39 is 18.1 Å². The van der Waals surface area contributed by atoms with E-state index in [4.69, 9.17) is 10.2 Å². The Morgan fingerprint density at radius 2 is 1.88 bits per heavy atom. The lowest BCUT2D eigenvalue weighted by atomic mass is 10.1. The molecule has 0 saturated heterocycles. The monoisotopic (exact) mass is 231 g/mol. The molecule has 0 fully saturated rings. The summed E-state index contributed by atoms with van der Waals surface area (Å²) in [6.45, 7) is 3.42. The first-order valence-electron chi connectivity index (χ1n) is 5.69. The number of amides is 1. The molecular weight excluding hydrogens is 210 g/mol. The molecule has 0 heterocycles. The Morgan fingerprint density at radius 3 is 2.31 bits per heavy atom. The second kappa shape index (κ2) is 8.10. The average molecular weight is 231 g/mol. The number of aliphatic carboxylic acids is 1. The fourth-order valence-corrected chi connectivity index (χ4v) is 1.35. The summed E-state index contributed by atoms with van der Waals surface area (Å²) in [5.41, 5.74) is 0. The maximum Gasteiger partial charge on any atom is 0.328 e. The molecule has 0 bridgehead atoms. The Balaban J connectivity index is 3.87. The van der Waals surface area contributed by atoms with Crippen LogP contribution >= 0.6 is 0 Å². The van der Waals surface area contributed by atoms with Gasteiger partial charge in [-0.1, -0.05) is 26.2 Å². The van der Waals surface area contributed by atoms with Gasteiger partial charge in [0.1, 0.15) is 0 Å². The van der Waals surface area contributed by atoms with Gasteiger partial charge in [-0.2, -0.15) is 0 Å². The van der Waals surface area contributed by atoms with E-state index in [1.165, 1.54) is 6.92 Å². The largest absolute Gasteiger partial charge is 0.480 e. The van der Waals surface area contributed by atoms with E-state index in [1.807, 2.05) is 0 Å².